The molecule has 0 spiro atoms. The number of unbranched alkanes of at least 4 members (excludes halogenated alkanes) is 1. The molecule has 1 rings (SSSR count). The molecule has 2 N–H and O–H groups in total. The van der Waals surface area contributed by atoms with Crippen LogP contribution in [0.5, 0.6) is 0 Å². The molecule has 0 aliphatic rings. The number of carbonyl (C=O) groups excluding carboxylic acids is 1. The fraction of sp³-hybridized carbons (Fsp3) is 0.385. The number of carboxylic acid groups (broad SMARTS) is 1. The van der Waals surface area contributed by atoms with Crippen molar-refractivity contribution < 1.29 is 23.5 Å². The molecule has 0 fully saturated rings. The zero-order valence-electron chi connectivity index (χ0n) is 10.5. The number of amides is 1. The van der Waals surface area contributed by atoms with Crippen LogP contribution in [0.3, 0.4) is 0 Å². The van der Waals surface area contributed by atoms with Crippen LogP contribution in [0, 0.1) is 18.6 Å². The van der Waals surface area contributed by atoms with Gasteiger partial charge in [0.2, 0.25) is 5.91 Å². The quantitative estimate of drug-likeness (QED) is 0.782. The largest absolute Gasteiger partial charge is 0.481 e. The van der Waals surface area contributed by atoms with Gasteiger partial charge in [-0.2, -0.15) is 0 Å². The smallest absolute Gasteiger partial charge is 0.303 e. The summed E-state index contributed by atoms with van der Waals surface area (Å²) in [5.74, 6) is -2.68. The van der Waals surface area contributed by atoms with Gasteiger partial charge in [-0.1, -0.05) is 0 Å². The van der Waals surface area contributed by atoms with Crippen molar-refractivity contribution in [3.8, 4) is 0 Å². The van der Waals surface area contributed by atoms with E-state index < -0.39 is 23.5 Å². The number of carboxylic acids is 1. The molecule has 104 valence electrons. The molecule has 1 aromatic rings. The second kappa shape index (κ2) is 6.82. The van der Waals surface area contributed by atoms with Crippen molar-refractivity contribution in [2.75, 3.05) is 5.32 Å². The van der Waals surface area contributed by atoms with Gasteiger partial charge in [-0.25, -0.2) is 8.78 Å². The molecule has 0 heterocycles. The summed E-state index contributed by atoms with van der Waals surface area (Å²) in [6.45, 7) is 1.43. The zero-order valence-corrected chi connectivity index (χ0v) is 10.5. The number of hydrogen-bond donors (Lipinski definition) is 2. The minimum atomic E-state index is -0.924. The number of nitrogens with one attached hydrogen (secondary N) is 1. The molecule has 0 bridgehead atoms. The fourth-order valence-electron chi connectivity index (χ4n) is 1.52. The van der Waals surface area contributed by atoms with Crippen molar-refractivity contribution in [1.82, 2.24) is 0 Å². The van der Waals surface area contributed by atoms with Crippen LogP contribution < -0.4 is 5.32 Å². The van der Waals surface area contributed by atoms with Gasteiger partial charge in [0.1, 0.15) is 11.6 Å². The summed E-state index contributed by atoms with van der Waals surface area (Å²) in [5, 5.41) is 10.7. The van der Waals surface area contributed by atoms with Crippen LogP contribution in [-0.2, 0) is 9.59 Å². The molecule has 0 saturated carbocycles. The van der Waals surface area contributed by atoms with E-state index in [0.717, 1.165) is 12.1 Å². The monoisotopic (exact) mass is 271 g/mol. The van der Waals surface area contributed by atoms with Gasteiger partial charge >= 0.3 is 5.97 Å². The Balaban J connectivity index is 2.48. The van der Waals surface area contributed by atoms with Gasteiger partial charge < -0.3 is 10.4 Å². The molecule has 1 amide bonds. The summed E-state index contributed by atoms with van der Waals surface area (Å²) in [5.41, 5.74) is -0.0386. The molecule has 0 aliphatic heterocycles. The van der Waals surface area contributed by atoms with Crippen molar-refractivity contribution in [3.63, 3.8) is 0 Å². The van der Waals surface area contributed by atoms with Crippen LogP contribution in [0.4, 0.5) is 14.5 Å². The van der Waals surface area contributed by atoms with Crippen LogP contribution in [0.1, 0.15) is 31.2 Å². The van der Waals surface area contributed by atoms with Gasteiger partial charge in [0.15, 0.2) is 0 Å². The van der Waals surface area contributed by atoms with Gasteiger partial charge in [-0.15, -0.1) is 0 Å². The Hall–Kier alpha value is -1.98. The standard InChI is InChI=1S/C13H15F2NO3/c1-8-6-10(15)11(7-9(8)14)16-12(17)4-2-3-5-13(18)19/h6-7H,2-5H2,1H3,(H,16,17)(H,18,19). The molecule has 0 atom stereocenters. The third-order valence-electron chi connectivity index (χ3n) is 2.57. The summed E-state index contributed by atoms with van der Waals surface area (Å²) < 4.78 is 26.6. The van der Waals surface area contributed by atoms with Crippen molar-refractivity contribution in [2.45, 2.75) is 32.6 Å². The first kappa shape index (κ1) is 15.1. The highest BCUT2D eigenvalue weighted by atomic mass is 19.1. The molecule has 0 unspecified atom stereocenters. The minimum absolute atomic E-state index is 0.0131. The fourth-order valence-corrected chi connectivity index (χ4v) is 1.52. The second-order valence-corrected chi connectivity index (χ2v) is 4.23. The highest BCUT2D eigenvalue weighted by molar-refractivity contribution is 5.90. The molecule has 4 nitrogen and oxygen atoms in total. The van der Waals surface area contributed by atoms with Crippen molar-refractivity contribution in [2.24, 2.45) is 0 Å². The number of carbonyl (C=O) groups is 2. The number of rotatable bonds is 6. The Labute approximate surface area is 109 Å². The lowest BCUT2D eigenvalue weighted by atomic mass is 10.1. The van der Waals surface area contributed by atoms with Crippen molar-refractivity contribution >= 4 is 17.6 Å². The minimum Gasteiger partial charge on any atom is -0.481 e. The maximum absolute atomic E-state index is 13.4. The first-order chi connectivity index (χ1) is 8.90. The Morgan fingerprint density at radius 1 is 1.16 bits per heavy atom. The van der Waals surface area contributed by atoms with E-state index in [1.54, 1.807) is 0 Å². The number of aliphatic carboxylic acids is 1. The third-order valence-corrected chi connectivity index (χ3v) is 2.57. The average molecular weight is 271 g/mol. The van der Waals surface area contributed by atoms with Crippen LogP contribution >= 0.6 is 0 Å². The molecular formula is C13H15F2NO3. The van der Waals surface area contributed by atoms with Gasteiger partial charge in [-0.3, -0.25) is 9.59 Å². The van der Waals surface area contributed by atoms with E-state index >= 15 is 0 Å². The van der Waals surface area contributed by atoms with Crippen LogP contribution in [0.2, 0.25) is 0 Å². The van der Waals surface area contributed by atoms with Gasteiger partial charge in [0.05, 0.1) is 5.69 Å². The second-order valence-electron chi connectivity index (χ2n) is 4.23. The van der Waals surface area contributed by atoms with E-state index in [2.05, 4.69) is 5.32 Å². The average Bonchev–Trinajstić information content (AvgIpc) is 2.31. The summed E-state index contributed by atoms with van der Waals surface area (Å²) in [6.07, 6.45) is 0.810. The topological polar surface area (TPSA) is 66.4 Å². The molecule has 6 heteroatoms. The normalized spacial score (nSPS) is 10.3. The molecular weight excluding hydrogens is 256 g/mol. The van der Waals surface area contributed by atoms with Gasteiger partial charge in [0, 0.05) is 18.9 Å². The predicted octanol–water partition coefficient (Wildman–Crippen LogP) is 2.86. The number of anilines is 1. The molecule has 0 aromatic heterocycles. The predicted molar refractivity (Wildman–Crippen MR) is 65.8 cm³/mol. The van der Waals surface area contributed by atoms with E-state index in [1.807, 2.05) is 0 Å². The van der Waals surface area contributed by atoms with Crippen molar-refractivity contribution in [1.29, 1.82) is 0 Å². The lowest BCUT2D eigenvalue weighted by molar-refractivity contribution is -0.137. The Kier molecular flexibility index (Phi) is 5.41. The van der Waals surface area contributed by atoms with Crippen LogP contribution in [0.25, 0.3) is 0 Å². The number of aryl methyl sites for hydroxylation is 1. The van der Waals surface area contributed by atoms with E-state index in [9.17, 15) is 18.4 Å². The van der Waals surface area contributed by atoms with E-state index in [4.69, 9.17) is 5.11 Å². The first-order valence-corrected chi connectivity index (χ1v) is 5.87. The highest BCUT2D eigenvalue weighted by Crippen LogP contribution is 2.19. The summed E-state index contributed by atoms with van der Waals surface area (Å²) in [4.78, 5) is 21.7. The summed E-state index contributed by atoms with van der Waals surface area (Å²) in [7, 11) is 0. The Morgan fingerprint density at radius 3 is 2.42 bits per heavy atom. The molecule has 19 heavy (non-hydrogen) atoms. The number of hydrogen-bond acceptors (Lipinski definition) is 2. The lowest BCUT2D eigenvalue weighted by Gasteiger charge is -2.07. The maximum Gasteiger partial charge on any atom is 0.303 e. The number of halogens is 2. The van der Waals surface area contributed by atoms with Crippen LogP contribution in [0.15, 0.2) is 12.1 Å². The third kappa shape index (κ3) is 5.03. The van der Waals surface area contributed by atoms with Gasteiger partial charge in [-0.05, 0) is 31.4 Å². The summed E-state index contributed by atoms with van der Waals surface area (Å²) >= 11 is 0. The molecule has 0 aliphatic carbocycles. The molecule has 1 aromatic carbocycles. The van der Waals surface area contributed by atoms with Crippen LogP contribution in [-0.4, -0.2) is 17.0 Å². The number of benzene rings is 1. The Morgan fingerprint density at radius 2 is 1.79 bits per heavy atom. The Bertz CT molecular complexity index is 489. The van der Waals surface area contributed by atoms with E-state index in [-0.39, 0.29) is 24.1 Å². The SMILES string of the molecule is Cc1cc(F)c(NC(=O)CCCCC(=O)O)cc1F. The van der Waals surface area contributed by atoms with E-state index in [1.165, 1.54) is 6.92 Å². The highest BCUT2D eigenvalue weighted by Gasteiger charge is 2.10. The van der Waals surface area contributed by atoms with Gasteiger partial charge in [0.25, 0.3) is 0 Å². The summed E-state index contributed by atoms with van der Waals surface area (Å²) in [6, 6.07) is 1.94. The maximum atomic E-state index is 13.4. The lowest BCUT2D eigenvalue weighted by Crippen LogP contribution is -2.13. The molecule has 0 radical (unpaired) electrons. The van der Waals surface area contributed by atoms with E-state index in [0.29, 0.717) is 12.8 Å². The molecule has 0 saturated heterocycles. The first-order valence-electron chi connectivity index (χ1n) is 5.87. The van der Waals surface area contributed by atoms with Crippen molar-refractivity contribution in [3.05, 3.63) is 29.3 Å². The zero-order chi connectivity index (χ0) is 14.4.